The van der Waals surface area contributed by atoms with Crippen LogP contribution in [-0.4, -0.2) is 89.4 Å². The molecule has 2 aromatic rings. The van der Waals surface area contributed by atoms with Crippen LogP contribution in [0.5, 0.6) is 0 Å². The molecule has 2 heterocycles. The number of hydrogen-bond donors (Lipinski definition) is 4. The van der Waals surface area contributed by atoms with Crippen molar-refractivity contribution in [2.75, 3.05) is 20.6 Å². The Balaban J connectivity index is 1.74. The fourth-order valence-corrected chi connectivity index (χ4v) is 4.89. The lowest BCUT2D eigenvalue weighted by Crippen LogP contribution is -2.63. The number of aromatic nitrogens is 1. The molecule has 41 heavy (non-hydrogen) atoms. The van der Waals surface area contributed by atoms with Crippen molar-refractivity contribution >= 4 is 25.0 Å². The minimum Gasteiger partial charge on any atom is -0.508 e. The number of carboxylic acid groups (broad SMARTS) is 1. The third kappa shape index (κ3) is 9.09. The van der Waals surface area contributed by atoms with E-state index in [0.717, 1.165) is 17.0 Å². The number of aliphatic hydroxyl groups is 1. The van der Waals surface area contributed by atoms with Crippen molar-refractivity contribution in [3.05, 3.63) is 54.2 Å². The normalized spacial score (nSPS) is 19.4. The number of pyridine rings is 1. The molecule has 4 N–H and O–H groups in total. The maximum absolute atomic E-state index is 13.0. The minimum absolute atomic E-state index is 0.151. The number of carbonyl (C=O) groups excluding carboxylic acids is 2. The highest BCUT2D eigenvalue weighted by molar-refractivity contribution is 6.50. The number of aliphatic carboxylic acids is 1. The molecule has 1 aliphatic rings. The fraction of sp³-hybridized carbons (Fsp3) is 0.517. The van der Waals surface area contributed by atoms with E-state index in [1.807, 2.05) is 62.4 Å². The molecule has 1 aliphatic heterocycles. The maximum atomic E-state index is 13.0. The highest BCUT2D eigenvalue weighted by Gasteiger charge is 2.54. The largest absolute Gasteiger partial charge is 0.546 e. The number of likely N-dealkylation sites (N-methyl/N-ethyl adjacent to an activating group) is 1. The highest BCUT2D eigenvalue weighted by Crippen LogP contribution is 2.31. The summed E-state index contributed by atoms with van der Waals surface area (Å²) >= 11 is 0. The zero-order chi connectivity index (χ0) is 30.2. The van der Waals surface area contributed by atoms with Crippen LogP contribution in [0.1, 0.15) is 45.7 Å². The number of amides is 1. The predicted octanol–water partition coefficient (Wildman–Crippen LogP) is 1.88. The molecule has 0 saturated carbocycles. The van der Waals surface area contributed by atoms with Crippen LogP contribution in [0.2, 0.25) is 0 Å². The van der Waals surface area contributed by atoms with E-state index in [1.54, 1.807) is 6.92 Å². The zero-order valence-electron chi connectivity index (χ0n) is 24.4. The third-order valence-corrected chi connectivity index (χ3v) is 6.91. The molecular formula is C29H41BN4O7. The molecule has 1 saturated heterocycles. The topological polar surface area (TPSA) is 150 Å². The Kier molecular flexibility index (Phi) is 11.4. The van der Waals surface area contributed by atoms with Crippen molar-refractivity contribution in [2.45, 2.75) is 70.3 Å². The summed E-state index contributed by atoms with van der Waals surface area (Å²) in [5.41, 5.74) is 0.792. The lowest BCUT2D eigenvalue weighted by Gasteiger charge is -2.41. The van der Waals surface area contributed by atoms with E-state index in [1.165, 1.54) is 19.0 Å². The van der Waals surface area contributed by atoms with Gasteiger partial charge in [0.25, 0.3) is 11.9 Å². The predicted molar refractivity (Wildman–Crippen MR) is 154 cm³/mol. The van der Waals surface area contributed by atoms with Gasteiger partial charge in [-0.15, -0.1) is 0 Å². The van der Waals surface area contributed by atoms with E-state index < -0.39 is 61.5 Å². The van der Waals surface area contributed by atoms with Crippen molar-refractivity contribution in [1.29, 1.82) is 0 Å². The van der Waals surface area contributed by atoms with Gasteiger partial charge in [-0.3, -0.25) is 19.4 Å². The van der Waals surface area contributed by atoms with Crippen LogP contribution < -0.4 is 10.6 Å². The summed E-state index contributed by atoms with van der Waals surface area (Å²) in [6.45, 7) is 6.34. The third-order valence-electron chi connectivity index (χ3n) is 6.91. The van der Waals surface area contributed by atoms with Gasteiger partial charge in [0.05, 0.1) is 36.3 Å². The molecule has 3 rings (SSSR count). The Morgan fingerprint density at radius 3 is 2.41 bits per heavy atom. The number of nitrogens with one attached hydrogen (secondary N) is 2. The average molecular weight is 568 g/mol. The van der Waals surface area contributed by atoms with Crippen molar-refractivity contribution < 1.29 is 33.9 Å². The first-order valence-corrected chi connectivity index (χ1v) is 13.9. The van der Waals surface area contributed by atoms with E-state index in [0.29, 0.717) is 13.0 Å². The molecule has 0 bridgehead atoms. The summed E-state index contributed by atoms with van der Waals surface area (Å²) in [6.07, 6.45) is -1.40. The SMILES string of the molecule is CC(C)C[C@H](NC[C@H](NCc1cccc(-c2ccccc2)n1)[C@@H](C)O)B1OC(=O)C[C@@](CC(=O)O)(C(=O)N(C)C)O1. The van der Waals surface area contributed by atoms with E-state index in [2.05, 4.69) is 10.6 Å². The molecule has 11 nitrogen and oxygen atoms in total. The van der Waals surface area contributed by atoms with Crippen LogP contribution in [0, 0.1) is 5.92 Å². The van der Waals surface area contributed by atoms with Gasteiger partial charge in [-0.2, -0.15) is 0 Å². The van der Waals surface area contributed by atoms with Gasteiger partial charge in [0.1, 0.15) is 0 Å². The van der Waals surface area contributed by atoms with E-state index in [-0.39, 0.29) is 12.5 Å². The molecule has 1 fully saturated rings. The van der Waals surface area contributed by atoms with Crippen molar-refractivity contribution in [3.63, 3.8) is 0 Å². The van der Waals surface area contributed by atoms with Crippen LogP contribution in [0.4, 0.5) is 0 Å². The van der Waals surface area contributed by atoms with Gasteiger partial charge >= 0.3 is 13.1 Å². The molecule has 222 valence electrons. The highest BCUT2D eigenvalue weighted by atomic mass is 16.6. The summed E-state index contributed by atoms with van der Waals surface area (Å²) in [7, 11) is 1.77. The second-order valence-electron chi connectivity index (χ2n) is 11.2. The molecular weight excluding hydrogens is 527 g/mol. The van der Waals surface area contributed by atoms with Crippen LogP contribution in [0.15, 0.2) is 48.5 Å². The maximum Gasteiger partial charge on any atom is 0.546 e. The molecule has 1 amide bonds. The van der Waals surface area contributed by atoms with Gasteiger partial charge in [0.2, 0.25) is 0 Å². The quantitative estimate of drug-likeness (QED) is 0.249. The second kappa shape index (κ2) is 14.5. The molecule has 12 heteroatoms. The average Bonchev–Trinajstić information content (AvgIpc) is 2.91. The number of hydrogen-bond acceptors (Lipinski definition) is 9. The first-order chi connectivity index (χ1) is 19.4. The van der Waals surface area contributed by atoms with Crippen LogP contribution in [0.3, 0.4) is 0 Å². The summed E-state index contributed by atoms with van der Waals surface area (Å²) < 4.78 is 11.6. The molecule has 1 aromatic carbocycles. The lowest BCUT2D eigenvalue weighted by molar-refractivity contribution is -0.169. The van der Waals surface area contributed by atoms with Gasteiger partial charge < -0.3 is 35.1 Å². The van der Waals surface area contributed by atoms with Crippen molar-refractivity contribution in [2.24, 2.45) is 5.92 Å². The molecule has 4 atom stereocenters. The number of carbonyl (C=O) groups is 3. The van der Waals surface area contributed by atoms with E-state index >= 15 is 0 Å². The first-order valence-electron chi connectivity index (χ1n) is 13.9. The van der Waals surface area contributed by atoms with Crippen molar-refractivity contribution in [1.82, 2.24) is 20.5 Å². The Labute approximate surface area is 241 Å². The van der Waals surface area contributed by atoms with E-state index in [9.17, 15) is 24.6 Å². The number of benzene rings is 1. The molecule has 0 unspecified atom stereocenters. The number of nitrogens with zero attached hydrogens (tertiary/aromatic N) is 2. The number of carboxylic acids is 1. The van der Waals surface area contributed by atoms with Gasteiger partial charge in [-0.05, 0) is 31.4 Å². The molecule has 0 radical (unpaired) electrons. The Morgan fingerprint density at radius 1 is 1.10 bits per heavy atom. The Bertz CT molecular complexity index is 1180. The number of aliphatic hydroxyl groups excluding tert-OH is 1. The minimum atomic E-state index is -1.87. The summed E-state index contributed by atoms with van der Waals surface area (Å²) in [5, 5.41) is 26.7. The molecule has 1 aromatic heterocycles. The first kappa shape index (κ1) is 32.2. The monoisotopic (exact) mass is 568 g/mol. The van der Waals surface area contributed by atoms with Gasteiger partial charge in [-0.25, -0.2) is 0 Å². The zero-order valence-corrected chi connectivity index (χ0v) is 24.4. The van der Waals surface area contributed by atoms with Crippen LogP contribution in [0.25, 0.3) is 11.3 Å². The Morgan fingerprint density at radius 2 is 1.80 bits per heavy atom. The summed E-state index contributed by atoms with van der Waals surface area (Å²) in [6, 6.07) is 15.2. The summed E-state index contributed by atoms with van der Waals surface area (Å²) in [5.74, 6) is -2.99. The van der Waals surface area contributed by atoms with Gasteiger partial charge in [-0.1, -0.05) is 50.2 Å². The Hall–Kier alpha value is -3.32. The van der Waals surface area contributed by atoms with Gasteiger partial charge in [0, 0.05) is 38.8 Å². The summed E-state index contributed by atoms with van der Waals surface area (Å²) in [4.78, 5) is 43.3. The number of rotatable bonds is 14. The van der Waals surface area contributed by atoms with Crippen molar-refractivity contribution in [3.8, 4) is 11.3 Å². The second-order valence-corrected chi connectivity index (χ2v) is 11.2. The van der Waals surface area contributed by atoms with Gasteiger partial charge in [0.15, 0.2) is 5.60 Å². The molecule has 0 spiro atoms. The van der Waals surface area contributed by atoms with Crippen LogP contribution >= 0.6 is 0 Å². The lowest BCUT2D eigenvalue weighted by atomic mass is 9.70. The molecule has 0 aliphatic carbocycles. The van der Waals surface area contributed by atoms with E-state index in [4.69, 9.17) is 14.3 Å². The smallest absolute Gasteiger partial charge is 0.508 e. The van der Waals surface area contributed by atoms with Crippen LogP contribution in [-0.2, 0) is 30.2 Å². The fourth-order valence-electron chi connectivity index (χ4n) is 4.89. The standard InChI is InChI=1S/C29H41BN4O7/c1-19(2)14-25(30-40-27(38)16-29(41-30,15-26(36)37)28(39)34(4)5)32-18-24(20(3)35)31-17-22-12-9-13-23(33-22)21-10-7-6-8-11-21/h6-13,19-20,24-25,31-32,35H,14-18H2,1-5H3,(H,36,37)/t20-,24+,25+,29+/m1/s1.